The molecule has 2 heterocycles. The molecule has 208 valence electrons. The van der Waals surface area contributed by atoms with Gasteiger partial charge < -0.3 is 42.5 Å². The number of fused-ring (bicyclic) bond motifs is 1. The largest absolute Gasteiger partial charge is 0.480 e. The second-order valence-electron chi connectivity index (χ2n) is 9.15. The van der Waals surface area contributed by atoms with Gasteiger partial charge in [0.25, 0.3) is 0 Å². The van der Waals surface area contributed by atoms with E-state index in [9.17, 15) is 29.1 Å². The molecular weight excluding hydrogens is 508 g/mol. The average Bonchev–Trinajstić information content (AvgIpc) is 3.56. The first-order valence-corrected chi connectivity index (χ1v) is 12.2. The number of hydrogen-bond acceptors (Lipinski definition) is 7. The molecule has 14 heteroatoms. The van der Waals surface area contributed by atoms with E-state index < -0.39 is 53.8 Å². The van der Waals surface area contributed by atoms with Crippen LogP contribution in [0.4, 0.5) is 0 Å². The Balaban J connectivity index is 1.75. The van der Waals surface area contributed by atoms with Crippen LogP contribution < -0.4 is 27.4 Å². The van der Waals surface area contributed by atoms with Crippen molar-refractivity contribution in [3.8, 4) is 0 Å². The summed E-state index contributed by atoms with van der Waals surface area (Å²) < 4.78 is 0. The lowest BCUT2D eigenvalue weighted by molar-refractivity contribution is -0.142. The summed E-state index contributed by atoms with van der Waals surface area (Å²) >= 11 is 0. The molecule has 0 bridgehead atoms. The minimum atomic E-state index is -1.29. The van der Waals surface area contributed by atoms with Gasteiger partial charge in [0.1, 0.15) is 18.1 Å². The average molecular weight is 541 g/mol. The number of para-hydroxylation sites is 1. The quantitative estimate of drug-likeness (QED) is 0.124. The van der Waals surface area contributed by atoms with Gasteiger partial charge in [-0.15, -0.1) is 0 Å². The molecule has 0 radical (unpaired) electrons. The fourth-order valence-corrected chi connectivity index (χ4v) is 3.93. The normalized spacial score (nSPS) is 14.1. The van der Waals surface area contributed by atoms with Gasteiger partial charge in [-0.05, 0) is 25.0 Å². The predicted molar refractivity (Wildman–Crippen MR) is 140 cm³/mol. The van der Waals surface area contributed by atoms with Gasteiger partial charge in [-0.3, -0.25) is 19.2 Å². The number of hydrogen-bond donors (Lipinski definition) is 8. The molecular formula is C25H32N8O6. The number of nitrogens with one attached hydrogen (secondary N) is 5. The lowest BCUT2D eigenvalue weighted by Crippen LogP contribution is -2.57. The summed E-state index contributed by atoms with van der Waals surface area (Å²) in [6.07, 6.45) is 4.46. The van der Waals surface area contributed by atoms with Gasteiger partial charge in [-0.1, -0.05) is 18.2 Å². The van der Waals surface area contributed by atoms with E-state index in [1.54, 1.807) is 6.20 Å². The molecule has 0 saturated carbocycles. The molecule has 39 heavy (non-hydrogen) atoms. The highest BCUT2D eigenvalue weighted by Gasteiger charge is 2.30. The van der Waals surface area contributed by atoms with Crippen LogP contribution in [0.3, 0.4) is 0 Å². The van der Waals surface area contributed by atoms with Gasteiger partial charge in [0.2, 0.25) is 23.6 Å². The van der Waals surface area contributed by atoms with E-state index in [0.29, 0.717) is 5.69 Å². The summed E-state index contributed by atoms with van der Waals surface area (Å²) in [5.41, 5.74) is 12.9. The number of aliphatic carboxylic acids is 1. The number of carboxylic acids is 1. The molecule has 1 aromatic carbocycles. The van der Waals surface area contributed by atoms with Gasteiger partial charge in [-0.2, -0.15) is 0 Å². The number of benzene rings is 1. The monoisotopic (exact) mass is 540 g/mol. The van der Waals surface area contributed by atoms with Gasteiger partial charge in [0.15, 0.2) is 0 Å². The van der Waals surface area contributed by atoms with Crippen LogP contribution in [0.1, 0.15) is 31.0 Å². The molecule has 14 nitrogen and oxygen atoms in total. The van der Waals surface area contributed by atoms with E-state index in [1.807, 2.05) is 24.3 Å². The first-order valence-electron chi connectivity index (χ1n) is 12.2. The molecule has 3 aromatic rings. The maximum absolute atomic E-state index is 13.3. The Kier molecular flexibility index (Phi) is 9.75. The Morgan fingerprint density at radius 3 is 2.36 bits per heavy atom. The summed E-state index contributed by atoms with van der Waals surface area (Å²) in [4.78, 5) is 71.2. The Labute approximate surface area is 223 Å². The van der Waals surface area contributed by atoms with E-state index in [4.69, 9.17) is 11.5 Å². The minimum Gasteiger partial charge on any atom is -0.480 e. The zero-order valence-electron chi connectivity index (χ0n) is 21.3. The summed E-state index contributed by atoms with van der Waals surface area (Å²) in [6.45, 7) is 1.41. The number of carboxylic acid groups (broad SMARTS) is 1. The molecule has 4 amide bonds. The molecule has 10 N–H and O–H groups in total. The fourth-order valence-electron chi connectivity index (χ4n) is 3.93. The Morgan fingerprint density at radius 2 is 1.69 bits per heavy atom. The van der Waals surface area contributed by atoms with Crippen LogP contribution in [-0.4, -0.2) is 73.8 Å². The first-order chi connectivity index (χ1) is 18.5. The number of amides is 4. The van der Waals surface area contributed by atoms with Crippen molar-refractivity contribution in [3.63, 3.8) is 0 Å². The van der Waals surface area contributed by atoms with E-state index in [0.717, 1.165) is 16.5 Å². The third-order valence-corrected chi connectivity index (χ3v) is 6.12. The standard InChI is InChI=1S/C25H32N8O6/c1-13(31-23(36)17(26)6-7-21(27)34)22(35)32-19(8-14-10-29-18-5-3-2-4-16(14)18)24(37)33-20(25(38)39)9-15-11-28-12-30-15/h2-5,10-13,17,19-20,29H,6-9,26H2,1H3,(H2,27,34)(H,28,30)(H,31,36)(H,32,35)(H,33,37)(H,38,39). The molecule has 0 aliphatic rings. The zero-order chi connectivity index (χ0) is 28.5. The van der Waals surface area contributed by atoms with Crippen LogP contribution in [0.15, 0.2) is 43.0 Å². The van der Waals surface area contributed by atoms with Crippen LogP contribution in [0.5, 0.6) is 0 Å². The highest BCUT2D eigenvalue weighted by atomic mass is 16.4. The number of primary amides is 1. The molecule has 2 aromatic heterocycles. The smallest absolute Gasteiger partial charge is 0.326 e. The van der Waals surface area contributed by atoms with Gasteiger partial charge in [-0.25, -0.2) is 9.78 Å². The fraction of sp³-hybridized carbons (Fsp3) is 0.360. The number of imidazole rings is 1. The highest BCUT2D eigenvalue weighted by Crippen LogP contribution is 2.19. The van der Waals surface area contributed by atoms with Gasteiger partial charge in [0, 0.05) is 48.3 Å². The first kappa shape index (κ1) is 28.8. The van der Waals surface area contributed by atoms with E-state index in [-0.39, 0.29) is 25.7 Å². The summed E-state index contributed by atoms with van der Waals surface area (Å²) in [7, 11) is 0. The van der Waals surface area contributed by atoms with Crippen molar-refractivity contribution in [1.82, 2.24) is 30.9 Å². The third-order valence-electron chi connectivity index (χ3n) is 6.12. The van der Waals surface area contributed by atoms with Crippen molar-refractivity contribution in [1.29, 1.82) is 0 Å². The van der Waals surface area contributed by atoms with Crippen LogP contribution in [0.25, 0.3) is 10.9 Å². The predicted octanol–water partition coefficient (Wildman–Crippen LogP) is -1.17. The number of nitrogens with zero attached hydrogens (tertiary/aromatic N) is 1. The highest BCUT2D eigenvalue weighted by molar-refractivity contribution is 5.94. The van der Waals surface area contributed by atoms with Crippen LogP contribution in [0.2, 0.25) is 0 Å². The Bertz CT molecular complexity index is 1320. The van der Waals surface area contributed by atoms with Crippen molar-refractivity contribution < 1.29 is 29.1 Å². The van der Waals surface area contributed by atoms with E-state index in [2.05, 4.69) is 30.9 Å². The Morgan fingerprint density at radius 1 is 0.974 bits per heavy atom. The molecule has 0 aliphatic carbocycles. The topological polar surface area (TPSA) is 238 Å². The third kappa shape index (κ3) is 8.13. The second-order valence-corrected chi connectivity index (χ2v) is 9.15. The number of carbonyl (C=O) groups is 5. The summed E-state index contributed by atoms with van der Waals surface area (Å²) in [5.74, 6) is -3.95. The molecule has 0 aliphatic heterocycles. The Hall–Kier alpha value is -4.72. The molecule has 4 unspecified atom stereocenters. The summed E-state index contributed by atoms with van der Waals surface area (Å²) in [6, 6.07) is 2.77. The molecule has 0 saturated heterocycles. The van der Waals surface area contributed by atoms with Crippen molar-refractivity contribution >= 4 is 40.5 Å². The number of carbonyl (C=O) groups excluding carboxylic acids is 4. The lowest BCUT2D eigenvalue weighted by Gasteiger charge is -2.23. The molecule has 0 spiro atoms. The van der Waals surface area contributed by atoms with Crippen molar-refractivity contribution in [3.05, 3.63) is 54.2 Å². The van der Waals surface area contributed by atoms with Gasteiger partial charge in [0.05, 0.1) is 12.4 Å². The van der Waals surface area contributed by atoms with Crippen molar-refractivity contribution in [2.24, 2.45) is 11.5 Å². The number of H-pyrrole nitrogens is 2. The lowest BCUT2D eigenvalue weighted by atomic mass is 10.0. The maximum atomic E-state index is 13.3. The number of aromatic amines is 2. The number of aromatic nitrogens is 3. The van der Waals surface area contributed by atoms with E-state index >= 15 is 0 Å². The van der Waals surface area contributed by atoms with Crippen molar-refractivity contribution in [2.45, 2.75) is 56.8 Å². The number of nitrogens with two attached hydrogens (primary N) is 2. The minimum absolute atomic E-state index is 0.00795. The van der Waals surface area contributed by atoms with Crippen LogP contribution >= 0.6 is 0 Å². The summed E-state index contributed by atoms with van der Waals surface area (Å²) in [5, 5.41) is 18.0. The number of rotatable bonds is 14. The second kappa shape index (κ2) is 13.2. The van der Waals surface area contributed by atoms with Crippen LogP contribution in [0, 0.1) is 0 Å². The maximum Gasteiger partial charge on any atom is 0.326 e. The zero-order valence-corrected chi connectivity index (χ0v) is 21.3. The molecule has 4 atom stereocenters. The van der Waals surface area contributed by atoms with Crippen molar-refractivity contribution in [2.75, 3.05) is 0 Å². The van der Waals surface area contributed by atoms with E-state index in [1.165, 1.54) is 19.4 Å². The molecule has 0 fully saturated rings. The SMILES string of the molecule is CC(NC(=O)C(N)CCC(N)=O)C(=O)NC(Cc1c[nH]c2ccccc12)C(=O)NC(Cc1cnc[nH]1)C(=O)O. The van der Waals surface area contributed by atoms with Gasteiger partial charge >= 0.3 is 5.97 Å². The molecule has 3 rings (SSSR count). The van der Waals surface area contributed by atoms with Crippen LogP contribution in [-0.2, 0) is 36.8 Å².